The van der Waals surface area contributed by atoms with E-state index in [-0.39, 0.29) is 6.10 Å². The minimum absolute atomic E-state index is 0.0707. The van der Waals surface area contributed by atoms with Gasteiger partial charge in [0.25, 0.3) is 6.54 Å². The summed E-state index contributed by atoms with van der Waals surface area (Å²) in [4.78, 5) is 3.25. The average Bonchev–Trinajstić information content (AvgIpc) is 2.09. The van der Waals surface area contributed by atoms with Crippen molar-refractivity contribution >= 4 is 11.6 Å². The molecule has 0 aliphatic rings. The van der Waals surface area contributed by atoms with E-state index in [9.17, 15) is 0 Å². The fourth-order valence-electron chi connectivity index (χ4n) is 0.911. The van der Waals surface area contributed by atoms with E-state index in [0.29, 0.717) is 11.6 Å². The number of halogens is 1. The van der Waals surface area contributed by atoms with Crippen LogP contribution >= 0.6 is 11.6 Å². The van der Waals surface area contributed by atoms with E-state index >= 15 is 0 Å². The summed E-state index contributed by atoms with van der Waals surface area (Å²) in [5.74, 6) is 0.751. The zero-order valence-electron chi connectivity index (χ0n) is 7.33. The molecule has 1 rings (SSSR count). The van der Waals surface area contributed by atoms with Crippen molar-refractivity contribution in [2.24, 2.45) is 0 Å². The molecule has 1 aromatic carbocycles. The summed E-state index contributed by atoms with van der Waals surface area (Å²) in [6.45, 7) is 8.90. The largest absolute Gasteiger partial charge is 0.483 e. The van der Waals surface area contributed by atoms with Crippen LogP contribution in [-0.4, -0.2) is 12.6 Å². The van der Waals surface area contributed by atoms with Crippen molar-refractivity contribution in [2.45, 2.75) is 13.0 Å². The van der Waals surface area contributed by atoms with Crippen LogP contribution < -0.4 is 4.74 Å². The van der Waals surface area contributed by atoms with Gasteiger partial charge >= 0.3 is 0 Å². The lowest BCUT2D eigenvalue weighted by molar-refractivity contribution is 0.238. The van der Waals surface area contributed by atoms with Crippen LogP contribution in [0.15, 0.2) is 24.3 Å². The normalized spacial score (nSPS) is 11.8. The molecule has 1 atom stereocenters. The van der Waals surface area contributed by atoms with Crippen LogP contribution in [0.5, 0.6) is 5.75 Å². The Labute approximate surface area is 82.9 Å². The number of hydrogen-bond acceptors (Lipinski definition) is 1. The molecule has 1 unspecified atom stereocenters. The van der Waals surface area contributed by atoms with Crippen molar-refractivity contribution in [3.8, 4) is 5.75 Å². The third-order valence-corrected chi connectivity index (χ3v) is 1.75. The first-order valence-corrected chi connectivity index (χ1v) is 4.35. The molecule has 2 nitrogen and oxygen atoms in total. The highest BCUT2D eigenvalue weighted by Gasteiger charge is 2.05. The van der Waals surface area contributed by atoms with E-state index in [0.717, 1.165) is 5.75 Å². The first-order chi connectivity index (χ1) is 6.22. The Bertz CT molecular complexity index is 302. The molecular weight excluding hydrogens is 186 g/mol. The van der Waals surface area contributed by atoms with E-state index < -0.39 is 0 Å². The van der Waals surface area contributed by atoms with Crippen molar-refractivity contribution in [2.75, 3.05) is 6.54 Å². The van der Waals surface area contributed by atoms with E-state index in [1.165, 1.54) is 0 Å². The quantitative estimate of drug-likeness (QED) is 0.676. The lowest BCUT2D eigenvalue weighted by Gasteiger charge is -2.08. The molecule has 0 bridgehead atoms. The summed E-state index contributed by atoms with van der Waals surface area (Å²) in [7, 11) is 0. The molecule has 3 heteroatoms. The highest BCUT2D eigenvalue weighted by atomic mass is 35.5. The first-order valence-electron chi connectivity index (χ1n) is 3.98. The van der Waals surface area contributed by atoms with Crippen LogP contribution in [0, 0.1) is 6.57 Å². The van der Waals surface area contributed by atoms with E-state index in [1.807, 2.05) is 6.92 Å². The summed E-state index contributed by atoms with van der Waals surface area (Å²) in [5.41, 5.74) is 0. The molecule has 0 N–H and O–H groups in total. The SMILES string of the molecule is [C-]#[N+]CC(C)Oc1ccc(Cl)cc1. The Hall–Kier alpha value is -1.20. The second kappa shape index (κ2) is 4.74. The van der Waals surface area contributed by atoms with Crippen LogP contribution in [0.3, 0.4) is 0 Å². The van der Waals surface area contributed by atoms with E-state index in [1.54, 1.807) is 24.3 Å². The van der Waals surface area contributed by atoms with Crippen molar-refractivity contribution in [3.63, 3.8) is 0 Å². The molecule has 0 aromatic heterocycles. The maximum Gasteiger partial charge on any atom is 0.250 e. The lowest BCUT2D eigenvalue weighted by Crippen LogP contribution is -2.14. The van der Waals surface area contributed by atoms with Gasteiger partial charge in [-0.05, 0) is 31.2 Å². The average molecular weight is 196 g/mol. The van der Waals surface area contributed by atoms with Gasteiger partial charge in [-0.3, -0.25) is 0 Å². The van der Waals surface area contributed by atoms with Crippen molar-refractivity contribution in [1.29, 1.82) is 0 Å². The number of nitrogens with zero attached hydrogens (tertiary/aromatic N) is 1. The van der Waals surface area contributed by atoms with Crippen LogP contribution in [0.4, 0.5) is 0 Å². The van der Waals surface area contributed by atoms with Crippen LogP contribution in [0.1, 0.15) is 6.92 Å². The Morgan fingerprint density at radius 3 is 2.62 bits per heavy atom. The second-order valence-corrected chi connectivity index (χ2v) is 3.16. The molecule has 13 heavy (non-hydrogen) atoms. The van der Waals surface area contributed by atoms with Gasteiger partial charge in [0.15, 0.2) is 6.10 Å². The lowest BCUT2D eigenvalue weighted by atomic mass is 10.3. The summed E-state index contributed by atoms with van der Waals surface area (Å²) >= 11 is 5.71. The van der Waals surface area contributed by atoms with Crippen LogP contribution in [0.25, 0.3) is 4.85 Å². The molecule has 0 radical (unpaired) electrons. The molecule has 0 saturated heterocycles. The third kappa shape index (κ3) is 3.35. The smallest absolute Gasteiger partial charge is 0.250 e. The van der Waals surface area contributed by atoms with E-state index in [4.69, 9.17) is 22.9 Å². The van der Waals surface area contributed by atoms with Gasteiger partial charge in [-0.1, -0.05) is 11.6 Å². The maximum atomic E-state index is 6.66. The maximum absolute atomic E-state index is 6.66. The van der Waals surface area contributed by atoms with Gasteiger partial charge in [0, 0.05) is 5.02 Å². The Morgan fingerprint density at radius 1 is 1.46 bits per heavy atom. The van der Waals surface area contributed by atoms with Crippen molar-refractivity contribution < 1.29 is 4.74 Å². The molecule has 0 aliphatic carbocycles. The highest BCUT2D eigenvalue weighted by molar-refractivity contribution is 6.30. The minimum atomic E-state index is -0.0707. The molecule has 0 heterocycles. The predicted molar refractivity (Wildman–Crippen MR) is 53.0 cm³/mol. The number of benzene rings is 1. The van der Waals surface area contributed by atoms with E-state index in [2.05, 4.69) is 4.85 Å². The number of rotatable bonds is 3. The van der Waals surface area contributed by atoms with Gasteiger partial charge < -0.3 is 9.58 Å². The monoisotopic (exact) mass is 195 g/mol. The van der Waals surface area contributed by atoms with Crippen LogP contribution in [0.2, 0.25) is 5.02 Å². The number of ether oxygens (including phenoxy) is 1. The van der Waals surface area contributed by atoms with Gasteiger partial charge in [0.05, 0.1) is 0 Å². The molecular formula is C10H10ClNO. The minimum Gasteiger partial charge on any atom is -0.483 e. The summed E-state index contributed by atoms with van der Waals surface area (Å²) in [6, 6.07) is 7.12. The van der Waals surface area contributed by atoms with Gasteiger partial charge in [0.2, 0.25) is 0 Å². The van der Waals surface area contributed by atoms with Crippen molar-refractivity contribution in [1.82, 2.24) is 0 Å². The fraction of sp³-hybridized carbons (Fsp3) is 0.300. The predicted octanol–water partition coefficient (Wildman–Crippen LogP) is 3.03. The van der Waals surface area contributed by atoms with Gasteiger partial charge in [0.1, 0.15) is 5.75 Å². The molecule has 68 valence electrons. The summed E-state index contributed by atoms with van der Waals surface area (Å²) < 4.78 is 5.44. The van der Waals surface area contributed by atoms with Gasteiger partial charge in [-0.2, -0.15) is 0 Å². The molecule has 0 aliphatic heterocycles. The van der Waals surface area contributed by atoms with Gasteiger partial charge in [-0.15, -0.1) is 0 Å². The Morgan fingerprint density at radius 2 is 2.08 bits per heavy atom. The summed E-state index contributed by atoms with van der Waals surface area (Å²) in [5, 5.41) is 0.685. The highest BCUT2D eigenvalue weighted by Crippen LogP contribution is 2.16. The molecule has 1 aromatic rings. The Kier molecular flexibility index (Phi) is 3.60. The molecule has 0 fully saturated rings. The second-order valence-electron chi connectivity index (χ2n) is 2.72. The molecule has 0 spiro atoms. The molecule has 0 amide bonds. The van der Waals surface area contributed by atoms with Gasteiger partial charge in [-0.25, -0.2) is 6.57 Å². The molecule has 0 saturated carbocycles. The summed E-state index contributed by atoms with van der Waals surface area (Å²) in [6.07, 6.45) is -0.0707. The third-order valence-electron chi connectivity index (χ3n) is 1.50. The van der Waals surface area contributed by atoms with Crippen molar-refractivity contribution in [3.05, 3.63) is 40.7 Å². The fourth-order valence-corrected chi connectivity index (χ4v) is 1.04. The topological polar surface area (TPSA) is 13.6 Å². The zero-order chi connectivity index (χ0) is 9.68. The Balaban J connectivity index is 2.55. The zero-order valence-corrected chi connectivity index (χ0v) is 8.08. The first kappa shape index (κ1) is 9.88. The van der Waals surface area contributed by atoms with Crippen LogP contribution in [-0.2, 0) is 0 Å². The standard InChI is InChI=1S/C10H10ClNO/c1-8(7-12-2)13-10-5-3-9(11)4-6-10/h3-6,8H,7H2,1H3. The number of hydrogen-bond donors (Lipinski definition) is 0.